The highest BCUT2D eigenvalue weighted by Crippen LogP contribution is 2.28. The molecule has 0 saturated carbocycles. The first-order chi connectivity index (χ1) is 11.7. The third kappa shape index (κ3) is 2.56. The fraction of sp³-hybridized carbons (Fsp3) is 0.222. The van der Waals surface area contributed by atoms with Gasteiger partial charge in [-0.25, -0.2) is 9.59 Å². The van der Waals surface area contributed by atoms with Crippen LogP contribution in [0.15, 0.2) is 48.5 Å². The minimum Gasteiger partial charge on any atom is -0.336 e. The average molecular weight is 322 g/mol. The minimum atomic E-state index is -0.150. The number of anilines is 3. The van der Waals surface area contributed by atoms with Gasteiger partial charge in [-0.15, -0.1) is 0 Å². The summed E-state index contributed by atoms with van der Waals surface area (Å²) in [5, 5.41) is 5.71. The number of amides is 4. The topological polar surface area (TPSA) is 64.7 Å². The number of carbonyl (C=O) groups is 2. The van der Waals surface area contributed by atoms with Crippen molar-refractivity contribution in [3.8, 4) is 0 Å². The molecule has 0 radical (unpaired) electrons. The largest absolute Gasteiger partial charge is 0.336 e. The van der Waals surface area contributed by atoms with Crippen molar-refractivity contribution >= 4 is 29.1 Å². The highest BCUT2D eigenvalue weighted by atomic mass is 16.2. The van der Waals surface area contributed by atoms with Gasteiger partial charge >= 0.3 is 12.1 Å². The van der Waals surface area contributed by atoms with Crippen LogP contribution in [0.5, 0.6) is 0 Å². The number of urea groups is 2. The maximum atomic E-state index is 12.6. The number of hydrogen-bond acceptors (Lipinski definition) is 2. The molecular formula is C18H18N4O2. The third-order valence-electron chi connectivity index (χ3n) is 4.40. The summed E-state index contributed by atoms with van der Waals surface area (Å²) >= 11 is 0. The molecule has 6 nitrogen and oxygen atoms in total. The predicted octanol–water partition coefficient (Wildman–Crippen LogP) is 2.81. The van der Waals surface area contributed by atoms with Crippen molar-refractivity contribution in [3.05, 3.63) is 54.1 Å². The predicted molar refractivity (Wildman–Crippen MR) is 93.7 cm³/mol. The zero-order chi connectivity index (χ0) is 16.5. The smallest absolute Gasteiger partial charge is 0.326 e. The second-order valence-corrected chi connectivity index (χ2v) is 5.89. The van der Waals surface area contributed by atoms with Crippen LogP contribution >= 0.6 is 0 Å². The van der Waals surface area contributed by atoms with E-state index in [1.165, 1.54) is 5.56 Å². The van der Waals surface area contributed by atoms with Crippen molar-refractivity contribution in [2.45, 2.75) is 6.42 Å². The van der Waals surface area contributed by atoms with E-state index in [-0.39, 0.29) is 12.1 Å². The second-order valence-electron chi connectivity index (χ2n) is 5.89. The van der Waals surface area contributed by atoms with Crippen molar-refractivity contribution in [2.24, 2.45) is 0 Å². The maximum Gasteiger partial charge on any atom is 0.326 e. The lowest BCUT2D eigenvalue weighted by Gasteiger charge is -2.19. The molecule has 2 aliphatic rings. The summed E-state index contributed by atoms with van der Waals surface area (Å²) in [4.78, 5) is 27.8. The molecule has 0 atom stereocenters. The normalized spacial score (nSPS) is 16.1. The Labute approximate surface area is 140 Å². The van der Waals surface area contributed by atoms with Gasteiger partial charge in [0, 0.05) is 36.7 Å². The third-order valence-corrected chi connectivity index (χ3v) is 4.40. The number of nitrogens with one attached hydrogen (secondary N) is 2. The molecule has 1 fully saturated rings. The molecule has 0 aliphatic carbocycles. The molecule has 0 bridgehead atoms. The van der Waals surface area contributed by atoms with Crippen LogP contribution in [-0.4, -0.2) is 31.7 Å². The van der Waals surface area contributed by atoms with Gasteiger partial charge in [-0.2, -0.15) is 0 Å². The lowest BCUT2D eigenvalue weighted by atomic mass is 10.2. The van der Waals surface area contributed by atoms with Gasteiger partial charge in [0.2, 0.25) is 0 Å². The number of hydrogen-bond donors (Lipinski definition) is 2. The lowest BCUT2D eigenvalue weighted by Crippen LogP contribution is -2.33. The minimum absolute atomic E-state index is 0.105. The van der Waals surface area contributed by atoms with Gasteiger partial charge in [-0.1, -0.05) is 24.3 Å². The van der Waals surface area contributed by atoms with Crippen LogP contribution in [0.2, 0.25) is 0 Å². The summed E-state index contributed by atoms with van der Waals surface area (Å²) in [7, 11) is 0. The number of fused-ring (bicyclic) bond motifs is 1. The number of para-hydroxylation sites is 1. The number of carbonyl (C=O) groups excluding carboxylic acids is 2. The van der Waals surface area contributed by atoms with Crippen LogP contribution in [-0.2, 0) is 6.42 Å². The molecule has 24 heavy (non-hydrogen) atoms. The summed E-state index contributed by atoms with van der Waals surface area (Å²) in [5.41, 5.74) is 3.62. The number of nitrogens with zero attached hydrogens (tertiary/aromatic N) is 2. The number of rotatable bonds is 2. The molecule has 6 heteroatoms. The Kier molecular flexibility index (Phi) is 3.57. The van der Waals surface area contributed by atoms with E-state index in [2.05, 4.69) is 16.7 Å². The summed E-state index contributed by atoms with van der Waals surface area (Å²) < 4.78 is 0. The first-order valence-corrected chi connectivity index (χ1v) is 8.04. The van der Waals surface area contributed by atoms with Crippen LogP contribution in [0.3, 0.4) is 0 Å². The molecule has 4 amide bonds. The summed E-state index contributed by atoms with van der Waals surface area (Å²) in [6.45, 7) is 1.95. The highest BCUT2D eigenvalue weighted by molar-refractivity contribution is 6.03. The van der Waals surface area contributed by atoms with Gasteiger partial charge in [0.25, 0.3) is 0 Å². The first-order valence-electron chi connectivity index (χ1n) is 8.04. The van der Waals surface area contributed by atoms with E-state index in [9.17, 15) is 9.59 Å². The van der Waals surface area contributed by atoms with Crippen molar-refractivity contribution in [1.82, 2.24) is 5.32 Å². The van der Waals surface area contributed by atoms with Crippen LogP contribution < -0.4 is 20.4 Å². The Morgan fingerprint density at radius 1 is 1.08 bits per heavy atom. The second kappa shape index (κ2) is 5.88. The Balaban J connectivity index is 1.52. The van der Waals surface area contributed by atoms with Gasteiger partial charge in [0.05, 0.1) is 0 Å². The quantitative estimate of drug-likeness (QED) is 0.893. The van der Waals surface area contributed by atoms with Gasteiger partial charge in [0.15, 0.2) is 0 Å². The van der Waals surface area contributed by atoms with Gasteiger partial charge in [-0.05, 0) is 36.2 Å². The van der Waals surface area contributed by atoms with Crippen LogP contribution in [0.1, 0.15) is 5.56 Å². The summed E-state index contributed by atoms with van der Waals surface area (Å²) in [5.74, 6) is 0. The molecule has 0 spiro atoms. The summed E-state index contributed by atoms with van der Waals surface area (Å²) in [6.07, 6.45) is 0.873. The molecule has 2 N–H and O–H groups in total. The van der Waals surface area contributed by atoms with Gasteiger partial charge in [-0.3, -0.25) is 9.80 Å². The van der Waals surface area contributed by atoms with Gasteiger partial charge in [0.1, 0.15) is 0 Å². The molecule has 2 aromatic carbocycles. The van der Waals surface area contributed by atoms with E-state index in [0.29, 0.717) is 25.3 Å². The Morgan fingerprint density at radius 3 is 2.79 bits per heavy atom. The van der Waals surface area contributed by atoms with Gasteiger partial charge < -0.3 is 10.6 Å². The molecule has 122 valence electrons. The average Bonchev–Trinajstić information content (AvgIpc) is 3.21. The lowest BCUT2D eigenvalue weighted by molar-refractivity contribution is 0.252. The molecule has 0 aromatic heterocycles. The maximum absolute atomic E-state index is 12.6. The molecular weight excluding hydrogens is 304 g/mol. The number of benzene rings is 2. The Morgan fingerprint density at radius 2 is 1.96 bits per heavy atom. The molecule has 2 heterocycles. The molecule has 2 aliphatic heterocycles. The van der Waals surface area contributed by atoms with E-state index < -0.39 is 0 Å². The van der Waals surface area contributed by atoms with E-state index in [4.69, 9.17) is 0 Å². The molecule has 1 saturated heterocycles. The van der Waals surface area contributed by atoms with Crippen LogP contribution in [0, 0.1) is 0 Å². The highest BCUT2D eigenvalue weighted by Gasteiger charge is 2.25. The van der Waals surface area contributed by atoms with E-state index >= 15 is 0 Å². The SMILES string of the molecule is O=C1NCCN1c1cccc(NC(=O)N2CCc3ccccc32)c1. The zero-order valence-corrected chi connectivity index (χ0v) is 13.2. The fourth-order valence-corrected chi connectivity index (χ4v) is 3.21. The van der Waals surface area contributed by atoms with Crippen molar-refractivity contribution in [2.75, 3.05) is 34.8 Å². The Bertz CT molecular complexity index is 805. The Hall–Kier alpha value is -3.02. The van der Waals surface area contributed by atoms with Crippen molar-refractivity contribution in [3.63, 3.8) is 0 Å². The molecule has 0 unspecified atom stereocenters. The first kappa shape index (κ1) is 14.6. The van der Waals surface area contributed by atoms with Crippen molar-refractivity contribution in [1.29, 1.82) is 0 Å². The van der Waals surface area contributed by atoms with E-state index in [0.717, 1.165) is 17.8 Å². The zero-order valence-electron chi connectivity index (χ0n) is 13.2. The molecule has 2 aromatic rings. The van der Waals surface area contributed by atoms with Crippen LogP contribution in [0.25, 0.3) is 0 Å². The van der Waals surface area contributed by atoms with E-state index in [1.54, 1.807) is 9.80 Å². The fourth-order valence-electron chi connectivity index (χ4n) is 3.21. The standard InChI is InChI=1S/C18H18N4O2/c23-17-19-9-11-21(17)15-6-3-5-14(12-15)20-18(24)22-10-8-13-4-1-2-7-16(13)22/h1-7,12H,8-11H2,(H,19,23)(H,20,24). The van der Waals surface area contributed by atoms with Crippen molar-refractivity contribution < 1.29 is 9.59 Å². The van der Waals surface area contributed by atoms with Crippen LogP contribution in [0.4, 0.5) is 26.7 Å². The monoisotopic (exact) mass is 322 g/mol. The summed E-state index contributed by atoms with van der Waals surface area (Å²) in [6, 6.07) is 15.1. The van der Waals surface area contributed by atoms with E-state index in [1.807, 2.05) is 42.5 Å². The molecule has 4 rings (SSSR count).